The Bertz CT molecular complexity index is 913. The molecule has 1 aliphatic heterocycles. The van der Waals surface area contributed by atoms with Gasteiger partial charge in [-0.2, -0.15) is 4.98 Å². The number of amides is 1. The molecule has 1 aromatic heterocycles. The molecule has 0 bridgehead atoms. The van der Waals surface area contributed by atoms with E-state index in [0.717, 1.165) is 10.5 Å². The minimum Gasteiger partial charge on any atom is -0.480 e. The van der Waals surface area contributed by atoms with E-state index in [2.05, 4.69) is 10.3 Å². The number of halogens is 2. The lowest BCUT2D eigenvalue weighted by molar-refractivity contribution is -0.145. The summed E-state index contributed by atoms with van der Waals surface area (Å²) < 4.78 is 5.07. The average Bonchev–Trinajstić information content (AvgIpc) is 3.05. The first-order chi connectivity index (χ1) is 12.4. The van der Waals surface area contributed by atoms with Crippen molar-refractivity contribution in [3.63, 3.8) is 0 Å². The summed E-state index contributed by atoms with van der Waals surface area (Å²) in [4.78, 5) is 29.1. The number of oxazole rings is 1. The highest BCUT2D eigenvalue weighted by Crippen LogP contribution is 2.25. The molecular formula is C16H11Cl2N3O4S. The van der Waals surface area contributed by atoms with Gasteiger partial charge < -0.3 is 14.8 Å². The molecule has 134 valence electrons. The monoisotopic (exact) mass is 411 g/mol. The van der Waals surface area contributed by atoms with E-state index >= 15 is 0 Å². The molecule has 0 saturated carbocycles. The van der Waals surface area contributed by atoms with E-state index in [1.807, 2.05) is 6.07 Å². The van der Waals surface area contributed by atoms with Crippen molar-refractivity contribution in [2.24, 2.45) is 0 Å². The number of hydrogen-bond acceptors (Lipinski definition) is 5. The summed E-state index contributed by atoms with van der Waals surface area (Å²) in [6, 6.07) is 7.79. The fourth-order valence-electron chi connectivity index (χ4n) is 2.47. The third-order valence-electron chi connectivity index (χ3n) is 3.64. The SMILES string of the molecule is O=C(O)C(Cc1ccccc1)N1C(=O)C(=Cc2oc(Cl)nc2Cl)NC1=S. The number of thiocarbonyl (C=S) groups is 1. The second kappa shape index (κ2) is 7.45. The third-order valence-corrected chi connectivity index (χ3v) is 4.37. The van der Waals surface area contributed by atoms with Gasteiger partial charge in [0.05, 0.1) is 0 Å². The highest BCUT2D eigenvalue weighted by atomic mass is 35.5. The predicted octanol–water partition coefficient (Wildman–Crippen LogP) is 2.73. The van der Waals surface area contributed by atoms with Crippen molar-refractivity contribution in [3.8, 4) is 0 Å². The summed E-state index contributed by atoms with van der Waals surface area (Å²) in [6.07, 6.45) is 1.38. The molecule has 1 amide bonds. The maximum atomic E-state index is 12.7. The Labute approximate surface area is 163 Å². The number of nitrogens with one attached hydrogen (secondary N) is 1. The second-order valence-corrected chi connectivity index (χ2v) is 6.40. The van der Waals surface area contributed by atoms with Gasteiger partial charge in [-0.25, -0.2) is 4.79 Å². The number of aromatic nitrogens is 1. The Kier molecular flexibility index (Phi) is 5.26. The van der Waals surface area contributed by atoms with Crippen LogP contribution in [0.5, 0.6) is 0 Å². The van der Waals surface area contributed by atoms with E-state index in [1.54, 1.807) is 24.3 Å². The van der Waals surface area contributed by atoms with Gasteiger partial charge in [0, 0.05) is 12.5 Å². The molecule has 1 aromatic carbocycles. The van der Waals surface area contributed by atoms with Gasteiger partial charge in [-0.1, -0.05) is 41.9 Å². The number of benzene rings is 1. The van der Waals surface area contributed by atoms with Crippen LogP contribution >= 0.6 is 35.4 Å². The molecule has 26 heavy (non-hydrogen) atoms. The first-order valence-electron chi connectivity index (χ1n) is 7.31. The number of carbonyl (C=O) groups excluding carboxylic acids is 1. The van der Waals surface area contributed by atoms with Gasteiger partial charge in [-0.15, -0.1) is 0 Å². The largest absolute Gasteiger partial charge is 0.480 e. The fraction of sp³-hybridized carbons (Fsp3) is 0.125. The normalized spacial score (nSPS) is 16.8. The van der Waals surface area contributed by atoms with Crippen LogP contribution in [-0.2, 0) is 16.0 Å². The molecule has 7 nitrogen and oxygen atoms in total. The quantitative estimate of drug-likeness (QED) is 0.576. The number of carbonyl (C=O) groups is 2. The van der Waals surface area contributed by atoms with Crippen molar-refractivity contribution in [2.75, 3.05) is 0 Å². The summed E-state index contributed by atoms with van der Waals surface area (Å²) in [5.74, 6) is -1.72. The molecule has 3 rings (SSSR count). The van der Waals surface area contributed by atoms with Crippen LogP contribution in [-0.4, -0.2) is 38.0 Å². The minimum atomic E-state index is -1.17. The number of rotatable bonds is 5. The Morgan fingerprint density at radius 3 is 2.65 bits per heavy atom. The van der Waals surface area contributed by atoms with Crippen molar-refractivity contribution in [3.05, 3.63) is 57.9 Å². The molecule has 1 atom stereocenters. The van der Waals surface area contributed by atoms with Crippen LogP contribution in [0.1, 0.15) is 11.3 Å². The van der Waals surface area contributed by atoms with Crippen molar-refractivity contribution < 1.29 is 19.1 Å². The van der Waals surface area contributed by atoms with Gasteiger partial charge in [0.25, 0.3) is 11.3 Å². The first-order valence-corrected chi connectivity index (χ1v) is 8.48. The zero-order valence-corrected chi connectivity index (χ0v) is 15.3. The molecule has 2 heterocycles. The van der Waals surface area contributed by atoms with Gasteiger partial charge in [0.15, 0.2) is 16.0 Å². The highest BCUT2D eigenvalue weighted by molar-refractivity contribution is 7.80. The molecule has 0 spiro atoms. The molecule has 1 fully saturated rings. The Morgan fingerprint density at radius 1 is 1.38 bits per heavy atom. The van der Waals surface area contributed by atoms with E-state index in [-0.39, 0.29) is 33.5 Å². The zero-order chi connectivity index (χ0) is 18.8. The minimum absolute atomic E-state index is 0.0176. The first kappa shape index (κ1) is 18.4. The fourth-order valence-corrected chi connectivity index (χ4v) is 3.17. The van der Waals surface area contributed by atoms with Crippen LogP contribution in [0.4, 0.5) is 0 Å². The molecule has 0 radical (unpaired) electrons. The lowest BCUT2D eigenvalue weighted by Crippen LogP contribution is -2.46. The highest BCUT2D eigenvalue weighted by Gasteiger charge is 2.40. The van der Waals surface area contributed by atoms with Crippen molar-refractivity contribution >= 4 is 58.5 Å². The molecule has 10 heteroatoms. The summed E-state index contributed by atoms with van der Waals surface area (Å²) >= 11 is 16.6. The standard InChI is InChI=1S/C16H11Cl2N3O4S/c17-12-11(25-15(18)20-12)7-9-13(22)21(16(26)19-9)10(14(23)24)6-8-4-2-1-3-5-8/h1-5,7,10H,6H2,(H,19,26)(H,23,24). The number of aliphatic carboxylic acids is 1. The smallest absolute Gasteiger partial charge is 0.327 e. The molecule has 2 aromatic rings. The van der Waals surface area contributed by atoms with Gasteiger partial charge in [-0.05, 0) is 29.4 Å². The van der Waals surface area contributed by atoms with E-state index in [9.17, 15) is 14.7 Å². The number of carboxylic acid groups (broad SMARTS) is 1. The van der Waals surface area contributed by atoms with Crippen LogP contribution in [0.25, 0.3) is 6.08 Å². The lowest BCUT2D eigenvalue weighted by atomic mass is 10.0. The van der Waals surface area contributed by atoms with Crippen LogP contribution in [0.2, 0.25) is 10.5 Å². The molecule has 1 unspecified atom stereocenters. The average molecular weight is 412 g/mol. The van der Waals surface area contributed by atoms with Crippen LogP contribution < -0.4 is 5.32 Å². The summed E-state index contributed by atoms with van der Waals surface area (Å²) in [5.41, 5.74) is 0.780. The molecule has 1 aliphatic rings. The van der Waals surface area contributed by atoms with E-state index in [0.29, 0.717) is 0 Å². The maximum absolute atomic E-state index is 12.7. The number of nitrogens with zero attached hydrogens (tertiary/aromatic N) is 2. The number of hydrogen-bond donors (Lipinski definition) is 2. The predicted molar refractivity (Wildman–Crippen MR) is 98.6 cm³/mol. The lowest BCUT2D eigenvalue weighted by Gasteiger charge is -2.22. The van der Waals surface area contributed by atoms with Gasteiger partial charge in [0.1, 0.15) is 11.7 Å². The van der Waals surface area contributed by atoms with Crippen LogP contribution in [0, 0.1) is 0 Å². The maximum Gasteiger partial charge on any atom is 0.327 e. The van der Waals surface area contributed by atoms with Gasteiger partial charge >= 0.3 is 5.97 Å². The second-order valence-electron chi connectivity index (χ2n) is 5.33. The molecular weight excluding hydrogens is 401 g/mol. The summed E-state index contributed by atoms with van der Waals surface area (Å²) in [5, 5.41) is 12.0. The Balaban J connectivity index is 1.89. The van der Waals surface area contributed by atoms with Crippen LogP contribution in [0.3, 0.4) is 0 Å². The zero-order valence-electron chi connectivity index (χ0n) is 13.0. The van der Waals surface area contributed by atoms with Crippen molar-refractivity contribution in [2.45, 2.75) is 12.5 Å². The molecule has 1 saturated heterocycles. The topological polar surface area (TPSA) is 95.7 Å². The third kappa shape index (κ3) is 3.72. The summed E-state index contributed by atoms with van der Waals surface area (Å²) in [7, 11) is 0. The molecule has 2 N–H and O–H groups in total. The molecule has 0 aliphatic carbocycles. The Morgan fingerprint density at radius 2 is 2.08 bits per heavy atom. The number of carboxylic acids is 1. The van der Waals surface area contributed by atoms with Gasteiger partial charge in [-0.3, -0.25) is 9.69 Å². The van der Waals surface area contributed by atoms with E-state index in [4.69, 9.17) is 39.8 Å². The van der Waals surface area contributed by atoms with Crippen LogP contribution in [0.15, 0.2) is 40.4 Å². The van der Waals surface area contributed by atoms with Crippen molar-refractivity contribution in [1.82, 2.24) is 15.2 Å². The Hall–Kier alpha value is -2.42. The van der Waals surface area contributed by atoms with Crippen molar-refractivity contribution in [1.29, 1.82) is 0 Å². The van der Waals surface area contributed by atoms with E-state index in [1.165, 1.54) is 6.08 Å². The van der Waals surface area contributed by atoms with Gasteiger partial charge in [0.2, 0.25) is 0 Å². The van der Waals surface area contributed by atoms with E-state index < -0.39 is 17.9 Å². The summed E-state index contributed by atoms with van der Waals surface area (Å²) in [6.45, 7) is 0.